The van der Waals surface area contributed by atoms with Crippen LogP contribution in [0.1, 0.15) is 33.1 Å². The van der Waals surface area contributed by atoms with Crippen LogP contribution in [0.3, 0.4) is 0 Å². The molecule has 4 nitrogen and oxygen atoms in total. The van der Waals surface area contributed by atoms with E-state index in [1.807, 2.05) is 18.7 Å². The molecule has 1 saturated heterocycles. The van der Waals surface area contributed by atoms with Crippen molar-refractivity contribution in [1.29, 1.82) is 0 Å². The van der Waals surface area contributed by atoms with Crippen LogP contribution in [-0.4, -0.2) is 53.5 Å². The Labute approximate surface area is 97.8 Å². The lowest BCUT2D eigenvalue weighted by molar-refractivity contribution is -0.134. The molecule has 2 rings (SSSR count). The molecule has 1 aliphatic heterocycles. The molecule has 0 aromatic heterocycles. The molecule has 0 aromatic rings. The minimum absolute atomic E-state index is 0.211. The van der Waals surface area contributed by atoms with Crippen LogP contribution in [0, 0.1) is 0 Å². The molecule has 1 saturated carbocycles. The number of nitrogens with zero attached hydrogens (tertiary/aromatic N) is 2. The summed E-state index contributed by atoms with van der Waals surface area (Å²) in [6.45, 7) is 7.66. The predicted octanol–water partition coefficient (Wildman–Crippen LogP) is 0.420. The lowest BCUT2D eigenvalue weighted by Gasteiger charge is -2.36. The van der Waals surface area contributed by atoms with Gasteiger partial charge in [-0.15, -0.1) is 0 Å². The number of piperazine rings is 1. The van der Waals surface area contributed by atoms with Gasteiger partial charge in [-0.25, -0.2) is 0 Å². The van der Waals surface area contributed by atoms with Gasteiger partial charge in [0, 0.05) is 44.2 Å². The Balaban J connectivity index is 1.77. The van der Waals surface area contributed by atoms with Crippen molar-refractivity contribution >= 4 is 5.91 Å². The molecule has 1 amide bonds. The Morgan fingerprint density at radius 3 is 2.25 bits per heavy atom. The first-order valence-electron chi connectivity index (χ1n) is 6.26. The molecule has 0 unspecified atom stereocenters. The molecule has 1 aliphatic carbocycles. The summed E-state index contributed by atoms with van der Waals surface area (Å²) in [4.78, 5) is 16.4. The van der Waals surface area contributed by atoms with Crippen molar-refractivity contribution in [3.8, 4) is 0 Å². The second kappa shape index (κ2) is 4.34. The van der Waals surface area contributed by atoms with Crippen molar-refractivity contribution in [3.05, 3.63) is 0 Å². The van der Waals surface area contributed by atoms with Gasteiger partial charge in [0.15, 0.2) is 0 Å². The minimum atomic E-state index is -0.384. The monoisotopic (exact) mass is 225 g/mol. The summed E-state index contributed by atoms with van der Waals surface area (Å²) in [7, 11) is 0. The first-order chi connectivity index (χ1) is 7.46. The van der Waals surface area contributed by atoms with Crippen molar-refractivity contribution in [2.45, 2.75) is 44.7 Å². The van der Waals surface area contributed by atoms with Crippen molar-refractivity contribution in [3.63, 3.8) is 0 Å². The summed E-state index contributed by atoms with van der Waals surface area (Å²) in [5.74, 6) is 0.211. The second-order valence-electron chi connectivity index (χ2n) is 5.81. The van der Waals surface area contributed by atoms with E-state index in [-0.39, 0.29) is 11.4 Å². The average molecular weight is 225 g/mol. The number of hydrogen-bond acceptors (Lipinski definition) is 3. The highest BCUT2D eigenvalue weighted by atomic mass is 16.2. The van der Waals surface area contributed by atoms with Crippen molar-refractivity contribution in [2.75, 3.05) is 26.2 Å². The third kappa shape index (κ3) is 3.19. The molecule has 4 heteroatoms. The van der Waals surface area contributed by atoms with E-state index >= 15 is 0 Å². The van der Waals surface area contributed by atoms with Crippen molar-refractivity contribution in [1.82, 2.24) is 9.80 Å². The fraction of sp³-hybridized carbons (Fsp3) is 0.917. The maximum absolute atomic E-state index is 11.9. The van der Waals surface area contributed by atoms with Crippen molar-refractivity contribution < 1.29 is 4.79 Å². The van der Waals surface area contributed by atoms with Crippen LogP contribution < -0.4 is 5.73 Å². The maximum atomic E-state index is 11.9. The van der Waals surface area contributed by atoms with Crippen LogP contribution >= 0.6 is 0 Å². The van der Waals surface area contributed by atoms with Gasteiger partial charge in [0.05, 0.1) is 0 Å². The average Bonchev–Trinajstić information content (AvgIpc) is 2.98. The fourth-order valence-corrected chi connectivity index (χ4v) is 2.28. The smallest absolute Gasteiger partial charge is 0.224 e. The van der Waals surface area contributed by atoms with Crippen LogP contribution in [-0.2, 0) is 4.79 Å². The van der Waals surface area contributed by atoms with Crippen LogP contribution in [0.15, 0.2) is 0 Å². The molecular weight excluding hydrogens is 202 g/mol. The van der Waals surface area contributed by atoms with E-state index in [9.17, 15) is 4.79 Å². The molecule has 0 radical (unpaired) electrons. The Kier molecular flexibility index (Phi) is 3.22. The van der Waals surface area contributed by atoms with Crippen LogP contribution in [0.4, 0.5) is 0 Å². The normalized spacial score (nSPS) is 23.6. The van der Waals surface area contributed by atoms with E-state index in [2.05, 4.69) is 4.90 Å². The molecule has 0 atom stereocenters. The molecule has 0 bridgehead atoms. The summed E-state index contributed by atoms with van der Waals surface area (Å²) >= 11 is 0. The third-order valence-electron chi connectivity index (χ3n) is 3.34. The summed E-state index contributed by atoms with van der Waals surface area (Å²) in [5, 5.41) is 0. The number of carbonyl (C=O) groups excluding carboxylic acids is 1. The summed E-state index contributed by atoms with van der Waals surface area (Å²) < 4.78 is 0. The summed E-state index contributed by atoms with van der Waals surface area (Å²) in [5.41, 5.74) is 5.49. The lowest BCUT2D eigenvalue weighted by Crippen LogP contribution is -2.51. The largest absolute Gasteiger partial charge is 0.340 e. The van der Waals surface area contributed by atoms with Crippen LogP contribution in [0.5, 0.6) is 0 Å². The van der Waals surface area contributed by atoms with E-state index in [1.165, 1.54) is 12.8 Å². The molecular formula is C12H23N3O. The van der Waals surface area contributed by atoms with Gasteiger partial charge in [-0.2, -0.15) is 0 Å². The summed E-state index contributed by atoms with van der Waals surface area (Å²) in [6.07, 6.45) is 3.16. The van der Waals surface area contributed by atoms with E-state index in [0.29, 0.717) is 6.42 Å². The Bertz CT molecular complexity index is 260. The SMILES string of the molecule is CC(C)(N)CC(=O)N1CCN(C2CC2)CC1. The van der Waals surface area contributed by atoms with Gasteiger partial charge in [-0.1, -0.05) is 0 Å². The summed E-state index contributed by atoms with van der Waals surface area (Å²) in [6, 6.07) is 0.822. The van der Waals surface area contributed by atoms with E-state index in [0.717, 1.165) is 32.2 Å². The zero-order valence-corrected chi connectivity index (χ0v) is 10.4. The predicted molar refractivity (Wildman–Crippen MR) is 64.1 cm³/mol. The Morgan fingerprint density at radius 2 is 1.81 bits per heavy atom. The number of nitrogens with two attached hydrogens (primary N) is 1. The Morgan fingerprint density at radius 1 is 1.25 bits per heavy atom. The quantitative estimate of drug-likeness (QED) is 0.757. The maximum Gasteiger partial charge on any atom is 0.224 e. The Hall–Kier alpha value is -0.610. The number of hydrogen-bond donors (Lipinski definition) is 1. The molecule has 2 aliphatic rings. The number of rotatable bonds is 3. The molecule has 1 heterocycles. The highest BCUT2D eigenvalue weighted by molar-refractivity contribution is 5.77. The topological polar surface area (TPSA) is 49.6 Å². The van der Waals surface area contributed by atoms with Gasteiger partial charge in [-0.05, 0) is 26.7 Å². The molecule has 92 valence electrons. The van der Waals surface area contributed by atoms with E-state index in [4.69, 9.17) is 5.73 Å². The van der Waals surface area contributed by atoms with E-state index < -0.39 is 0 Å². The highest BCUT2D eigenvalue weighted by Gasteiger charge is 2.32. The van der Waals surface area contributed by atoms with Crippen LogP contribution in [0.2, 0.25) is 0 Å². The van der Waals surface area contributed by atoms with Gasteiger partial charge in [-0.3, -0.25) is 9.69 Å². The molecule has 2 N–H and O–H groups in total. The van der Waals surface area contributed by atoms with Gasteiger partial charge < -0.3 is 10.6 Å². The first-order valence-corrected chi connectivity index (χ1v) is 6.26. The molecule has 0 aromatic carbocycles. The zero-order chi connectivity index (χ0) is 11.8. The molecule has 16 heavy (non-hydrogen) atoms. The highest BCUT2D eigenvalue weighted by Crippen LogP contribution is 2.27. The van der Waals surface area contributed by atoms with E-state index in [1.54, 1.807) is 0 Å². The van der Waals surface area contributed by atoms with Gasteiger partial charge in [0.2, 0.25) is 5.91 Å². The molecule has 2 fully saturated rings. The lowest BCUT2D eigenvalue weighted by atomic mass is 10.0. The standard InChI is InChI=1S/C12H23N3O/c1-12(2,13)9-11(16)15-7-5-14(6-8-15)10-3-4-10/h10H,3-9,13H2,1-2H3. The van der Waals surface area contributed by atoms with Crippen molar-refractivity contribution in [2.24, 2.45) is 5.73 Å². The minimum Gasteiger partial charge on any atom is -0.340 e. The van der Waals surface area contributed by atoms with Crippen LogP contribution in [0.25, 0.3) is 0 Å². The van der Waals surface area contributed by atoms with Gasteiger partial charge >= 0.3 is 0 Å². The second-order valence-corrected chi connectivity index (χ2v) is 5.81. The number of amides is 1. The van der Waals surface area contributed by atoms with Gasteiger partial charge in [0.25, 0.3) is 0 Å². The first kappa shape index (κ1) is 11.9. The zero-order valence-electron chi connectivity index (χ0n) is 10.4. The number of carbonyl (C=O) groups is 1. The third-order valence-corrected chi connectivity index (χ3v) is 3.34. The van der Waals surface area contributed by atoms with Gasteiger partial charge in [0.1, 0.15) is 0 Å². The molecule has 0 spiro atoms. The fourth-order valence-electron chi connectivity index (χ4n) is 2.28.